The molecular weight excluding hydrogens is 470 g/mol. The molecule has 3 fully saturated rings. The van der Waals surface area contributed by atoms with Gasteiger partial charge in [0, 0.05) is 65.3 Å². The smallest absolute Gasteiger partial charge is 0.242 e. The van der Waals surface area contributed by atoms with Crippen LogP contribution in [0.3, 0.4) is 0 Å². The molecule has 2 saturated heterocycles. The number of benzene rings is 1. The zero-order valence-electron chi connectivity index (χ0n) is 22.0. The first-order chi connectivity index (χ1) is 17.9. The number of nitrogens with zero attached hydrogens (tertiary/aromatic N) is 2. The summed E-state index contributed by atoms with van der Waals surface area (Å²) in [4.78, 5) is 43.1. The molecule has 1 aliphatic carbocycles. The molecule has 9 nitrogen and oxygen atoms in total. The third kappa shape index (κ3) is 7.99. The van der Waals surface area contributed by atoms with Gasteiger partial charge in [-0.2, -0.15) is 0 Å². The molecule has 4 rings (SSSR count). The van der Waals surface area contributed by atoms with Crippen molar-refractivity contribution in [1.29, 1.82) is 0 Å². The maximum absolute atomic E-state index is 13.1. The van der Waals surface area contributed by atoms with Crippen LogP contribution in [0.2, 0.25) is 0 Å². The Morgan fingerprint density at radius 3 is 2.38 bits per heavy atom. The minimum atomic E-state index is -0.905. The van der Waals surface area contributed by atoms with Crippen LogP contribution in [-0.4, -0.2) is 91.6 Å². The van der Waals surface area contributed by atoms with Crippen molar-refractivity contribution in [1.82, 2.24) is 20.4 Å². The van der Waals surface area contributed by atoms with Crippen LogP contribution < -0.4 is 16.4 Å². The molecule has 0 radical (unpaired) electrons. The summed E-state index contributed by atoms with van der Waals surface area (Å²) in [5.74, 6) is 0.198. The molecule has 3 amide bonds. The number of piperazine rings is 1. The third-order valence-electron chi connectivity index (χ3n) is 8.07. The van der Waals surface area contributed by atoms with Gasteiger partial charge in [-0.1, -0.05) is 43.2 Å². The summed E-state index contributed by atoms with van der Waals surface area (Å²) in [6, 6.07) is 8.88. The van der Waals surface area contributed by atoms with Crippen molar-refractivity contribution in [3.05, 3.63) is 35.9 Å². The first-order valence-electron chi connectivity index (χ1n) is 13.9. The van der Waals surface area contributed by atoms with Gasteiger partial charge in [-0.3, -0.25) is 19.3 Å². The fourth-order valence-corrected chi connectivity index (χ4v) is 5.64. The van der Waals surface area contributed by atoms with E-state index in [2.05, 4.69) is 15.5 Å². The first-order valence-corrected chi connectivity index (χ1v) is 13.9. The fourth-order valence-electron chi connectivity index (χ4n) is 5.64. The van der Waals surface area contributed by atoms with Gasteiger partial charge in [0.1, 0.15) is 6.04 Å². The molecule has 37 heavy (non-hydrogen) atoms. The molecular formula is C28H43N5O4. The molecule has 3 aliphatic rings. The molecule has 9 heteroatoms. The van der Waals surface area contributed by atoms with Crippen molar-refractivity contribution in [2.45, 2.75) is 62.9 Å². The van der Waals surface area contributed by atoms with E-state index < -0.39 is 11.6 Å². The highest BCUT2D eigenvalue weighted by molar-refractivity contribution is 5.92. The van der Waals surface area contributed by atoms with E-state index in [0.717, 1.165) is 77.2 Å². The van der Waals surface area contributed by atoms with Gasteiger partial charge in [0.25, 0.3) is 0 Å². The highest BCUT2D eigenvalue weighted by atomic mass is 16.5. The minimum Gasteiger partial charge on any atom is -0.381 e. The molecule has 0 aromatic heterocycles. The van der Waals surface area contributed by atoms with E-state index in [1.807, 2.05) is 35.2 Å². The van der Waals surface area contributed by atoms with Crippen molar-refractivity contribution in [2.75, 3.05) is 52.5 Å². The summed E-state index contributed by atoms with van der Waals surface area (Å²) in [5.41, 5.74) is 6.38. The van der Waals surface area contributed by atoms with Crippen LogP contribution in [0.25, 0.3) is 0 Å². The second kappa shape index (κ2) is 13.3. The van der Waals surface area contributed by atoms with Crippen LogP contribution in [0.5, 0.6) is 0 Å². The average Bonchev–Trinajstić information content (AvgIpc) is 3.37. The number of carbonyl (C=O) groups excluding carboxylic acids is 3. The van der Waals surface area contributed by atoms with Gasteiger partial charge in [-0.05, 0) is 37.2 Å². The van der Waals surface area contributed by atoms with Crippen LogP contribution >= 0.6 is 0 Å². The molecule has 204 valence electrons. The lowest BCUT2D eigenvalue weighted by Gasteiger charge is -2.37. The molecule has 0 spiro atoms. The minimum absolute atomic E-state index is 0.0570. The molecule has 2 heterocycles. The van der Waals surface area contributed by atoms with E-state index in [-0.39, 0.29) is 30.7 Å². The topological polar surface area (TPSA) is 117 Å². The van der Waals surface area contributed by atoms with E-state index in [0.29, 0.717) is 25.2 Å². The molecule has 0 bridgehead atoms. The second-order valence-electron chi connectivity index (χ2n) is 10.9. The van der Waals surface area contributed by atoms with Crippen LogP contribution in [0.1, 0.15) is 50.5 Å². The van der Waals surface area contributed by atoms with Crippen LogP contribution in [0.4, 0.5) is 0 Å². The number of rotatable bonds is 10. The Hall–Kier alpha value is -2.49. The SMILES string of the molecule is NC1(C(=O)N[C@H](Cc2ccccc2)C(=O)NCCC(=O)N2CCN(CC3CCOCC3)CC2)CCCC1. The van der Waals surface area contributed by atoms with E-state index in [1.54, 1.807) is 0 Å². The zero-order chi connectivity index (χ0) is 26.1. The number of amides is 3. The number of hydrogen-bond acceptors (Lipinski definition) is 6. The number of nitrogens with two attached hydrogens (primary N) is 1. The monoisotopic (exact) mass is 513 g/mol. The standard InChI is InChI=1S/C28H43N5O4/c29-28(11-4-5-12-28)27(36)31-24(20-22-6-2-1-3-7-22)26(35)30-13-8-25(34)33-16-14-32(15-17-33)21-23-9-18-37-19-10-23/h1-3,6-7,23-24H,4-5,8-21,29H2,(H,30,35)(H,31,36)/t24-/m1/s1. The number of hydrogen-bond donors (Lipinski definition) is 3. The van der Waals surface area contributed by atoms with E-state index in [9.17, 15) is 14.4 Å². The van der Waals surface area contributed by atoms with E-state index >= 15 is 0 Å². The van der Waals surface area contributed by atoms with Gasteiger partial charge < -0.3 is 26.0 Å². The van der Waals surface area contributed by atoms with Crippen molar-refractivity contribution in [3.8, 4) is 0 Å². The number of carbonyl (C=O) groups is 3. The molecule has 0 unspecified atom stereocenters. The van der Waals surface area contributed by atoms with Crippen LogP contribution in [-0.2, 0) is 25.5 Å². The summed E-state index contributed by atoms with van der Waals surface area (Å²) in [7, 11) is 0. The van der Waals surface area contributed by atoms with Crippen molar-refractivity contribution >= 4 is 17.7 Å². The van der Waals surface area contributed by atoms with Crippen LogP contribution in [0, 0.1) is 5.92 Å². The van der Waals surface area contributed by atoms with Crippen molar-refractivity contribution < 1.29 is 19.1 Å². The molecule has 1 aromatic rings. The predicted octanol–water partition coefficient (Wildman–Crippen LogP) is 1.06. The van der Waals surface area contributed by atoms with Gasteiger partial charge in [-0.15, -0.1) is 0 Å². The lowest BCUT2D eigenvalue weighted by atomic mass is 9.96. The highest BCUT2D eigenvalue weighted by Crippen LogP contribution is 2.27. The largest absolute Gasteiger partial charge is 0.381 e. The van der Waals surface area contributed by atoms with Gasteiger partial charge in [0.05, 0.1) is 5.54 Å². The van der Waals surface area contributed by atoms with Gasteiger partial charge >= 0.3 is 0 Å². The lowest BCUT2D eigenvalue weighted by molar-refractivity contribution is -0.134. The molecule has 1 aromatic carbocycles. The van der Waals surface area contributed by atoms with Gasteiger partial charge in [0.15, 0.2) is 0 Å². The summed E-state index contributed by atoms with van der Waals surface area (Å²) in [6.45, 7) is 6.27. The van der Waals surface area contributed by atoms with Crippen molar-refractivity contribution in [3.63, 3.8) is 0 Å². The lowest BCUT2D eigenvalue weighted by Crippen LogP contribution is -2.58. The zero-order valence-corrected chi connectivity index (χ0v) is 22.0. The summed E-state index contributed by atoms with van der Waals surface area (Å²) in [6.07, 6.45) is 5.98. The van der Waals surface area contributed by atoms with Crippen LogP contribution in [0.15, 0.2) is 30.3 Å². The quantitative estimate of drug-likeness (QED) is 0.431. The van der Waals surface area contributed by atoms with Gasteiger partial charge in [0.2, 0.25) is 17.7 Å². The molecule has 1 saturated carbocycles. The molecule has 2 aliphatic heterocycles. The Balaban J connectivity index is 1.22. The summed E-state index contributed by atoms with van der Waals surface area (Å²) < 4.78 is 5.45. The Morgan fingerprint density at radius 1 is 1.03 bits per heavy atom. The maximum atomic E-state index is 13.1. The Bertz CT molecular complexity index is 891. The fraction of sp³-hybridized carbons (Fsp3) is 0.679. The Kier molecular flexibility index (Phi) is 9.94. The predicted molar refractivity (Wildman–Crippen MR) is 142 cm³/mol. The second-order valence-corrected chi connectivity index (χ2v) is 10.9. The van der Waals surface area contributed by atoms with E-state index in [4.69, 9.17) is 10.5 Å². The average molecular weight is 514 g/mol. The summed E-state index contributed by atoms with van der Waals surface area (Å²) in [5, 5.41) is 5.78. The highest BCUT2D eigenvalue weighted by Gasteiger charge is 2.38. The van der Waals surface area contributed by atoms with E-state index in [1.165, 1.54) is 0 Å². The Labute approximate surface area is 220 Å². The molecule has 1 atom stereocenters. The third-order valence-corrected chi connectivity index (χ3v) is 8.07. The molecule has 4 N–H and O–H groups in total. The summed E-state index contributed by atoms with van der Waals surface area (Å²) >= 11 is 0. The Morgan fingerprint density at radius 2 is 1.70 bits per heavy atom. The first kappa shape index (κ1) is 27.5. The van der Waals surface area contributed by atoms with Crippen molar-refractivity contribution in [2.24, 2.45) is 11.7 Å². The number of ether oxygens (including phenoxy) is 1. The van der Waals surface area contributed by atoms with Gasteiger partial charge in [-0.25, -0.2) is 0 Å². The number of nitrogens with one attached hydrogen (secondary N) is 2. The normalized spacial score (nSPS) is 21.4. The maximum Gasteiger partial charge on any atom is 0.242 e.